The van der Waals surface area contributed by atoms with Crippen molar-refractivity contribution in [2.75, 3.05) is 45.8 Å². The Kier molecular flexibility index (Phi) is 7.39. The van der Waals surface area contributed by atoms with Crippen molar-refractivity contribution >= 4 is 27.3 Å². The fourth-order valence-electron chi connectivity index (χ4n) is 4.29. The SMILES string of the molecule is O=C(CN(C1CCN(Cc2ccccc2)CC1)S(=O)(=O)c1cccs1)N1CCNCC1. The molecule has 1 amide bonds. The van der Waals surface area contributed by atoms with Gasteiger partial charge in [-0.05, 0) is 29.9 Å². The molecule has 2 aromatic rings. The third-order valence-electron chi connectivity index (χ3n) is 6.03. The molecular formula is C22H30N4O3S2. The molecule has 31 heavy (non-hydrogen) atoms. The van der Waals surface area contributed by atoms with Gasteiger partial charge in [0.25, 0.3) is 10.0 Å². The minimum Gasteiger partial charge on any atom is -0.339 e. The van der Waals surface area contributed by atoms with Gasteiger partial charge in [0.15, 0.2) is 0 Å². The fourth-order valence-corrected chi connectivity index (χ4v) is 7.04. The number of benzene rings is 1. The van der Waals surface area contributed by atoms with Crippen LogP contribution in [0.25, 0.3) is 0 Å². The molecule has 3 heterocycles. The van der Waals surface area contributed by atoms with Crippen molar-refractivity contribution in [3.05, 3.63) is 53.4 Å². The van der Waals surface area contributed by atoms with Gasteiger partial charge in [0.2, 0.25) is 5.91 Å². The van der Waals surface area contributed by atoms with Gasteiger partial charge in [-0.15, -0.1) is 11.3 Å². The van der Waals surface area contributed by atoms with E-state index in [2.05, 4.69) is 22.3 Å². The molecule has 0 spiro atoms. The molecule has 1 aromatic heterocycles. The molecular weight excluding hydrogens is 432 g/mol. The zero-order valence-corrected chi connectivity index (χ0v) is 19.3. The Bertz CT molecular complexity index is 936. The van der Waals surface area contributed by atoms with Crippen LogP contribution in [0, 0.1) is 0 Å². The summed E-state index contributed by atoms with van der Waals surface area (Å²) in [6, 6.07) is 13.5. The van der Waals surface area contributed by atoms with Crippen molar-refractivity contribution in [1.82, 2.24) is 19.4 Å². The molecule has 0 bridgehead atoms. The van der Waals surface area contributed by atoms with Gasteiger partial charge >= 0.3 is 0 Å². The van der Waals surface area contributed by atoms with Crippen LogP contribution in [-0.2, 0) is 21.4 Å². The Hall–Kier alpha value is -1.78. The van der Waals surface area contributed by atoms with Crippen LogP contribution in [-0.4, -0.2) is 80.3 Å². The number of thiophene rings is 1. The van der Waals surface area contributed by atoms with Gasteiger partial charge in [-0.3, -0.25) is 9.69 Å². The Balaban J connectivity index is 1.46. The normalized spacial score (nSPS) is 19.1. The number of carbonyl (C=O) groups is 1. The number of likely N-dealkylation sites (tertiary alicyclic amines) is 1. The first-order chi connectivity index (χ1) is 15.0. The maximum atomic E-state index is 13.4. The van der Waals surface area contributed by atoms with Crippen LogP contribution >= 0.6 is 11.3 Å². The van der Waals surface area contributed by atoms with Crippen LogP contribution < -0.4 is 5.32 Å². The van der Waals surface area contributed by atoms with Crippen LogP contribution in [0.15, 0.2) is 52.1 Å². The van der Waals surface area contributed by atoms with Crippen LogP contribution in [0.1, 0.15) is 18.4 Å². The van der Waals surface area contributed by atoms with Crippen LogP contribution in [0.5, 0.6) is 0 Å². The maximum absolute atomic E-state index is 13.4. The molecule has 2 aliphatic rings. The molecule has 1 N–H and O–H groups in total. The number of rotatable bonds is 7. The maximum Gasteiger partial charge on any atom is 0.253 e. The quantitative estimate of drug-likeness (QED) is 0.680. The fraction of sp³-hybridized carbons (Fsp3) is 0.500. The molecule has 168 valence electrons. The van der Waals surface area contributed by atoms with Crippen molar-refractivity contribution in [2.45, 2.75) is 29.6 Å². The molecule has 7 nitrogen and oxygen atoms in total. The largest absolute Gasteiger partial charge is 0.339 e. The predicted molar refractivity (Wildman–Crippen MR) is 122 cm³/mol. The molecule has 1 aromatic carbocycles. The highest BCUT2D eigenvalue weighted by Gasteiger charge is 2.36. The number of piperazine rings is 1. The highest BCUT2D eigenvalue weighted by molar-refractivity contribution is 7.91. The van der Waals surface area contributed by atoms with E-state index in [4.69, 9.17) is 0 Å². The van der Waals surface area contributed by atoms with Crippen molar-refractivity contribution in [1.29, 1.82) is 0 Å². The minimum absolute atomic E-state index is 0.0798. The van der Waals surface area contributed by atoms with Crippen LogP contribution in [0.2, 0.25) is 0 Å². The minimum atomic E-state index is -3.70. The second kappa shape index (κ2) is 10.2. The van der Waals surface area contributed by atoms with Crippen molar-refractivity contribution in [3.63, 3.8) is 0 Å². The van der Waals surface area contributed by atoms with Gasteiger partial charge in [-0.1, -0.05) is 36.4 Å². The summed E-state index contributed by atoms with van der Waals surface area (Å²) in [7, 11) is -3.70. The number of nitrogens with zero attached hydrogens (tertiary/aromatic N) is 3. The second-order valence-electron chi connectivity index (χ2n) is 8.11. The molecule has 0 atom stereocenters. The lowest BCUT2D eigenvalue weighted by Crippen LogP contribution is -2.53. The number of nitrogens with one attached hydrogen (secondary N) is 1. The average Bonchev–Trinajstić information content (AvgIpc) is 3.35. The van der Waals surface area contributed by atoms with Gasteiger partial charge in [0.05, 0.1) is 6.54 Å². The monoisotopic (exact) mass is 462 g/mol. The smallest absolute Gasteiger partial charge is 0.253 e. The Morgan fingerprint density at radius 2 is 1.74 bits per heavy atom. The van der Waals surface area contributed by atoms with E-state index >= 15 is 0 Å². The van der Waals surface area contributed by atoms with E-state index in [1.807, 2.05) is 18.2 Å². The second-order valence-corrected chi connectivity index (χ2v) is 11.2. The highest BCUT2D eigenvalue weighted by Crippen LogP contribution is 2.27. The molecule has 4 rings (SSSR count). The van der Waals surface area contributed by atoms with Gasteiger partial charge in [-0.2, -0.15) is 4.31 Å². The first-order valence-corrected chi connectivity index (χ1v) is 13.2. The van der Waals surface area contributed by atoms with Crippen molar-refractivity contribution in [2.24, 2.45) is 0 Å². The van der Waals surface area contributed by atoms with E-state index in [1.54, 1.807) is 22.4 Å². The molecule has 0 saturated carbocycles. The summed E-state index contributed by atoms with van der Waals surface area (Å²) in [5.74, 6) is -0.103. The third kappa shape index (κ3) is 5.53. The summed E-state index contributed by atoms with van der Waals surface area (Å²) in [5, 5.41) is 5.00. The number of hydrogen-bond acceptors (Lipinski definition) is 6. The van der Waals surface area contributed by atoms with E-state index in [-0.39, 0.29) is 18.5 Å². The number of hydrogen-bond donors (Lipinski definition) is 1. The summed E-state index contributed by atoms with van der Waals surface area (Å²) < 4.78 is 28.6. The average molecular weight is 463 g/mol. The molecule has 2 saturated heterocycles. The molecule has 0 aliphatic carbocycles. The van der Waals surface area contributed by atoms with Gasteiger partial charge < -0.3 is 10.2 Å². The first kappa shape index (κ1) is 22.4. The summed E-state index contributed by atoms with van der Waals surface area (Å²) in [5.41, 5.74) is 1.26. The predicted octanol–water partition coefficient (Wildman–Crippen LogP) is 1.84. The molecule has 2 aliphatic heterocycles. The third-order valence-corrected chi connectivity index (χ3v) is 9.30. The molecule has 9 heteroatoms. The lowest BCUT2D eigenvalue weighted by Gasteiger charge is -2.38. The van der Waals surface area contributed by atoms with E-state index in [1.165, 1.54) is 21.2 Å². The van der Waals surface area contributed by atoms with Gasteiger partial charge in [-0.25, -0.2) is 8.42 Å². The van der Waals surface area contributed by atoms with E-state index < -0.39 is 10.0 Å². The zero-order chi connectivity index (χ0) is 21.7. The number of sulfonamides is 1. The Labute approximate surface area is 188 Å². The summed E-state index contributed by atoms with van der Waals surface area (Å²) in [4.78, 5) is 17.1. The van der Waals surface area contributed by atoms with Crippen molar-refractivity contribution < 1.29 is 13.2 Å². The Morgan fingerprint density at radius 3 is 2.39 bits per heavy atom. The van der Waals surface area contributed by atoms with Crippen molar-refractivity contribution in [3.8, 4) is 0 Å². The zero-order valence-electron chi connectivity index (χ0n) is 17.7. The van der Waals surface area contributed by atoms with E-state index in [0.717, 1.165) is 45.6 Å². The summed E-state index contributed by atoms with van der Waals surface area (Å²) >= 11 is 1.21. The lowest BCUT2D eigenvalue weighted by atomic mass is 10.0. The highest BCUT2D eigenvalue weighted by atomic mass is 32.2. The van der Waals surface area contributed by atoms with Gasteiger partial charge in [0, 0.05) is 51.9 Å². The summed E-state index contributed by atoms with van der Waals surface area (Å²) in [6.45, 7) is 5.18. The summed E-state index contributed by atoms with van der Waals surface area (Å²) in [6.07, 6.45) is 1.46. The number of piperidine rings is 1. The van der Waals surface area contributed by atoms with Gasteiger partial charge in [0.1, 0.15) is 4.21 Å². The Morgan fingerprint density at radius 1 is 1.03 bits per heavy atom. The topological polar surface area (TPSA) is 73.0 Å². The molecule has 0 radical (unpaired) electrons. The number of carbonyl (C=O) groups excluding carboxylic acids is 1. The molecule has 0 unspecified atom stereocenters. The van der Waals surface area contributed by atoms with Crippen LogP contribution in [0.4, 0.5) is 0 Å². The standard InChI is InChI=1S/C22H30N4O3S2/c27-21(25-14-10-23-11-15-25)18-26(31(28,29)22-7-4-16-30-22)20-8-12-24(13-9-20)17-19-5-2-1-3-6-19/h1-7,16,20,23H,8-15,17-18H2. The van der Waals surface area contributed by atoms with E-state index in [0.29, 0.717) is 17.3 Å². The molecule has 2 fully saturated rings. The number of amides is 1. The van der Waals surface area contributed by atoms with E-state index in [9.17, 15) is 13.2 Å². The lowest BCUT2D eigenvalue weighted by molar-refractivity contribution is -0.132. The van der Waals surface area contributed by atoms with Crippen LogP contribution in [0.3, 0.4) is 0 Å². The first-order valence-electron chi connectivity index (χ1n) is 10.8.